The van der Waals surface area contributed by atoms with Gasteiger partial charge < -0.3 is 25.7 Å². The third kappa shape index (κ3) is 2.53. The first-order chi connectivity index (χ1) is 10.4. The van der Waals surface area contributed by atoms with Crippen LogP contribution in [-0.2, 0) is 9.59 Å². The predicted octanol–water partition coefficient (Wildman–Crippen LogP) is -0.646. The molecule has 0 aromatic carbocycles. The van der Waals surface area contributed by atoms with Gasteiger partial charge in [0.15, 0.2) is 0 Å². The largest absolute Gasteiger partial charge is 0.478 e. The van der Waals surface area contributed by atoms with E-state index >= 15 is 0 Å². The number of fused-ring (bicyclic) bond motifs is 2. The van der Waals surface area contributed by atoms with Gasteiger partial charge in [0, 0.05) is 30.7 Å². The van der Waals surface area contributed by atoms with Gasteiger partial charge in [-0.2, -0.15) is 0 Å². The number of aliphatic carboxylic acids is 2. The van der Waals surface area contributed by atoms with Gasteiger partial charge in [-0.3, -0.25) is 0 Å². The smallest absolute Gasteiger partial charge is 0.333 e. The zero-order valence-electron chi connectivity index (χ0n) is 12.7. The van der Waals surface area contributed by atoms with E-state index in [0.717, 1.165) is 45.1 Å². The Kier molecular flexibility index (Phi) is 3.96. The second-order valence-corrected chi connectivity index (χ2v) is 6.76. The van der Waals surface area contributed by atoms with E-state index in [9.17, 15) is 14.7 Å². The van der Waals surface area contributed by atoms with Crippen LogP contribution in [0.1, 0.15) is 12.8 Å². The molecule has 3 aliphatic rings. The SMILES string of the molecule is CN1CC2C(/C(=C\C(=O)O)C(=O)O)NC3(CCNCC3)C2C1. The summed E-state index contributed by atoms with van der Waals surface area (Å²) in [5, 5.41) is 25.3. The average molecular weight is 309 g/mol. The second kappa shape index (κ2) is 5.64. The molecular formula is C15H23N3O4. The highest BCUT2D eigenvalue weighted by Gasteiger charge is 2.57. The van der Waals surface area contributed by atoms with E-state index in [1.807, 2.05) is 7.05 Å². The van der Waals surface area contributed by atoms with Crippen LogP contribution in [0.15, 0.2) is 11.6 Å². The molecule has 3 heterocycles. The fourth-order valence-electron chi connectivity index (χ4n) is 4.59. The summed E-state index contributed by atoms with van der Waals surface area (Å²) in [6.07, 6.45) is 2.77. The lowest BCUT2D eigenvalue weighted by atomic mass is 9.75. The van der Waals surface area contributed by atoms with Crippen LogP contribution in [0.2, 0.25) is 0 Å². The Labute approximate surface area is 129 Å². The highest BCUT2D eigenvalue weighted by atomic mass is 16.4. The highest BCUT2D eigenvalue weighted by molar-refractivity contribution is 5.95. The zero-order chi connectivity index (χ0) is 15.9. The van der Waals surface area contributed by atoms with Crippen LogP contribution in [-0.4, -0.2) is 71.9 Å². The van der Waals surface area contributed by atoms with Gasteiger partial charge in [0.2, 0.25) is 0 Å². The minimum Gasteiger partial charge on any atom is -0.478 e. The molecule has 22 heavy (non-hydrogen) atoms. The molecule has 7 heteroatoms. The molecule has 3 saturated heterocycles. The van der Waals surface area contributed by atoms with Gasteiger partial charge in [-0.25, -0.2) is 9.59 Å². The highest BCUT2D eigenvalue weighted by Crippen LogP contribution is 2.46. The van der Waals surface area contributed by atoms with Crippen molar-refractivity contribution >= 4 is 11.9 Å². The van der Waals surface area contributed by atoms with E-state index in [4.69, 9.17) is 5.11 Å². The third-order valence-corrected chi connectivity index (χ3v) is 5.49. The minimum atomic E-state index is -1.20. The van der Waals surface area contributed by atoms with Crippen LogP contribution in [0.3, 0.4) is 0 Å². The summed E-state index contributed by atoms with van der Waals surface area (Å²) in [6.45, 7) is 3.57. The lowest BCUT2D eigenvalue weighted by Crippen LogP contribution is -2.55. The number of piperidine rings is 1. The fourth-order valence-corrected chi connectivity index (χ4v) is 4.59. The van der Waals surface area contributed by atoms with Crippen LogP contribution in [0.4, 0.5) is 0 Å². The van der Waals surface area contributed by atoms with E-state index < -0.39 is 11.9 Å². The van der Waals surface area contributed by atoms with E-state index in [-0.39, 0.29) is 23.1 Å². The summed E-state index contributed by atoms with van der Waals surface area (Å²) in [6, 6.07) is -0.387. The van der Waals surface area contributed by atoms with Gasteiger partial charge in [0.25, 0.3) is 0 Å². The van der Waals surface area contributed by atoms with E-state index in [2.05, 4.69) is 15.5 Å². The first-order valence-corrected chi connectivity index (χ1v) is 7.78. The van der Waals surface area contributed by atoms with E-state index in [1.165, 1.54) is 0 Å². The Morgan fingerprint density at radius 1 is 1.23 bits per heavy atom. The van der Waals surface area contributed by atoms with Crippen LogP contribution < -0.4 is 10.6 Å². The number of rotatable bonds is 3. The van der Waals surface area contributed by atoms with Crippen molar-refractivity contribution in [1.82, 2.24) is 15.5 Å². The summed E-state index contributed by atoms with van der Waals surface area (Å²) >= 11 is 0. The molecule has 0 saturated carbocycles. The van der Waals surface area contributed by atoms with Gasteiger partial charge in [0.05, 0.1) is 5.57 Å². The molecule has 0 aromatic rings. The van der Waals surface area contributed by atoms with Crippen molar-refractivity contribution in [2.24, 2.45) is 11.8 Å². The number of nitrogens with zero attached hydrogens (tertiary/aromatic N) is 1. The average Bonchev–Trinajstić information content (AvgIpc) is 2.96. The van der Waals surface area contributed by atoms with Gasteiger partial charge in [-0.1, -0.05) is 0 Å². The molecule has 0 amide bonds. The number of carboxylic acid groups (broad SMARTS) is 2. The number of likely N-dealkylation sites (tertiary alicyclic amines) is 1. The maximum atomic E-state index is 11.6. The zero-order valence-corrected chi connectivity index (χ0v) is 12.7. The number of carboxylic acids is 2. The summed E-state index contributed by atoms with van der Waals surface area (Å²) in [7, 11) is 2.05. The van der Waals surface area contributed by atoms with E-state index in [1.54, 1.807) is 0 Å². The Hall–Kier alpha value is -1.44. The van der Waals surface area contributed by atoms with Crippen molar-refractivity contribution in [3.05, 3.63) is 11.6 Å². The molecule has 3 aliphatic heterocycles. The quantitative estimate of drug-likeness (QED) is 0.514. The first-order valence-electron chi connectivity index (χ1n) is 7.78. The minimum absolute atomic E-state index is 0.0202. The number of hydrogen-bond acceptors (Lipinski definition) is 5. The lowest BCUT2D eigenvalue weighted by Gasteiger charge is -2.39. The van der Waals surface area contributed by atoms with Crippen molar-refractivity contribution in [2.45, 2.75) is 24.4 Å². The van der Waals surface area contributed by atoms with Gasteiger partial charge in [0.1, 0.15) is 0 Å². The van der Waals surface area contributed by atoms with Crippen molar-refractivity contribution in [2.75, 3.05) is 33.2 Å². The topological polar surface area (TPSA) is 102 Å². The maximum absolute atomic E-state index is 11.6. The molecule has 0 radical (unpaired) electrons. The monoisotopic (exact) mass is 309 g/mol. The number of carbonyl (C=O) groups is 2. The Bertz CT molecular complexity index is 513. The molecule has 0 bridgehead atoms. The van der Waals surface area contributed by atoms with Crippen molar-refractivity contribution in [1.29, 1.82) is 0 Å². The molecule has 3 unspecified atom stereocenters. The summed E-state index contributed by atoms with van der Waals surface area (Å²) in [5.41, 5.74) is -0.0912. The Balaban J connectivity index is 1.94. The van der Waals surface area contributed by atoms with Gasteiger partial charge in [-0.05, 0) is 44.8 Å². The van der Waals surface area contributed by atoms with Crippen LogP contribution >= 0.6 is 0 Å². The molecule has 3 fully saturated rings. The molecule has 4 N–H and O–H groups in total. The Morgan fingerprint density at radius 2 is 1.91 bits per heavy atom. The molecule has 3 rings (SSSR count). The number of hydrogen-bond donors (Lipinski definition) is 4. The molecular weight excluding hydrogens is 286 g/mol. The molecule has 1 spiro atoms. The first kappa shape index (κ1) is 15.5. The summed E-state index contributed by atoms with van der Waals surface area (Å²) < 4.78 is 0. The molecule has 0 aliphatic carbocycles. The van der Waals surface area contributed by atoms with Gasteiger partial charge >= 0.3 is 11.9 Å². The van der Waals surface area contributed by atoms with Crippen LogP contribution in [0.25, 0.3) is 0 Å². The van der Waals surface area contributed by atoms with Crippen LogP contribution in [0.5, 0.6) is 0 Å². The molecule has 122 valence electrons. The second-order valence-electron chi connectivity index (χ2n) is 6.76. The van der Waals surface area contributed by atoms with Gasteiger partial charge in [-0.15, -0.1) is 0 Å². The Morgan fingerprint density at radius 3 is 2.50 bits per heavy atom. The fraction of sp³-hybridized carbons (Fsp3) is 0.733. The summed E-state index contributed by atoms with van der Waals surface area (Å²) in [5.74, 6) is -1.81. The van der Waals surface area contributed by atoms with Crippen molar-refractivity contribution < 1.29 is 19.8 Å². The number of nitrogens with one attached hydrogen (secondary N) is 2. The van der Waals surface area contributed by atoms with Crippen molar-refractivity contribution in [3.63, 3.8) is 0 Å². The lowest BCUT2D eigenvalue weighted by molar-refractivity contribution is -0.135. The van der Waals surface area contributed by atoms with E-state index in [0.29, 0.717) is 5.92 Å². The summed E-state index contributed by atoms with van der Waals surface area (Å²) in [4.78, 5) is 24.8. The normalized spacial score (nSPS) is 34.8. The van der Waals surface area contributed by atoms with Crippen molar-refractivity contribution in [3.8, 4) is 0 Å². The third-order valence-electron chi connectivity index (χ3n) is 5.49. The molecule has 0 aromatic heterocycles. The standard InChI is InChI=1S/C15H23N3O4/c1-18-7-10-11(8-18)15(2-4-16-5-3-15)17-13(10)9(14(21)22)6-12(19)20/h6,10-11,13,16-17H,2-5,7-8H2,1H3,(H,19,20)(H,21,22)/b9-6+. The molecule has 7 nitrogen and oxygen atoms in total. The van der Waals surface area contributed by atoms with Crippen LogP contribution in [0, 0.1) is 11.8 Å². The predicted molar refractivity (Wildman–Crippen MR) is 79.6 cm³/mol. The maximum Gasteiger partial charge on any atom is 0.333 e. The molecule has 3 atom stereocenters.